The Morgan fingerprint density at radius 1 is 1.00 bits per heavy atom. The van der Waals surface area contributed by atoms with Gasteiger partial charge in [0, 0.05) is 42.8 Å². The molecule has 1 aromatic heterocycles. The van der Waals surface area contributed by atoms with Crippen molar-refractivity contribution in [1.82, 2.24) is 14.3 Å². The van der Waals surface area contributed by atoms with Gasteiger partial charge in [0.05, 0.1) is 0 Å². The van der Waals surface area contributed by atoms with Crippen LogP contribution in [0.25, 0.3) is 0 Å². The lowest BCUT2D eigenvalue weighted by Gasteiger charge is -2.34. The number of nitrogens with zero attached hydrogens (tertiary/aromatic N) is 4. The van der Waals surface area contributed by atoms with Crippen LogP contribution in [0.15, 0.2) is 59.5 Å². The maximum Gasteiger partial charge on any atom is 0.433 e. The number of nitrogens with one attached hydrogen (secondary N) is 1. The van der Waals surface area contributed by atoms with Crippen LogP contribution in [0.3, 0.4) is 0 Å². The normalized spacial score (nSPS) is 14.8. The van der Waals surface area contributed by atoms with Crippen molar-refractivity contribution in [2.75, 3.05) is 36.4 Å². The Labute approximate surface area is 220 Å². The molecule has 0 spiro atoms. The Bertz CT molecular complexity index is 1270. The minimum absolute atomic E-state index is 0.0425. The number of anilines is 3. The van der Waals surface area contributed by atoms with Gasteiger partial charge in [-0.15, -0.1) is 0 Å². The highest BCUT2D eigenvalue weighted by molar-refractivity contribution is 7.97. The van der Waals surface area contributed by atoms with Crippen LogP contribution < -0.4 is 15.0 Å². The molecule has 3 aromatic rings. The van der Waals surface area contributed by atoms with Crippen LogP contribution in [0.5, 0.6) is 5.75 Å². The minimum atomic E-state index is -4.66. The topological polar surface area (TPSA) is 90.8 Å². The van der Waals surface area contributed by atoms with Gasteiger partial charge in [0.25, 0.3) is 0 Å². The molecule has 1 aliphatic rings. The van der Waals surface area contributed by atoms with Crippen molar-refractivity contribution in [3.05, 3.63) is 66.1 Å². The molecule has 1 fully saturated rings. The summed E-state index contributed by atoms with van der Waals surface area (Å²) in [6.07, 6.45) is -4.66. The van der Waals surface area contributed by atoms with Gasteiger partial charge in [-0.2, -0.15) is 18.2 Å². The molecule has 38 heavy (non-hydrogen) atoms. The first-order valence-corrected chi connectivity index (χ1v) is 12.4. The maximum atomic E-state index is 13.5. The van der Waals surface area contributed by atoms with E-state index in [1.807, 2.05) is 12.1 Å². The number of hydrogen-bond donors (Lipinski definition) is 2. The zero-order chi connectivity index (χ0) is 27.5. The zero-order valence-corrected chi connectivity index (χ0v) is 21.3. The second-order valence-electron chi connectivity index (χ2n) is 8.96. The number of carboxylic acid groups (broad SMARTS) is 1. The van der Waals surface area contributed by atoms with Crippen LogP contribution in [0, 0.1) is 5.82 Å². The van der Waals surface area contributed by atoms with Gasteiger partial charge in [0.15, 0.2) is 11.3 Å². The maximum absolute atomic E-state index is 13.5. The van der Waals surface area contributed by atoms with E-state index in [-0.39, 0.29) is 11.8 Å². The Kier molecular flexibility index (Phi) is 7.97. The summed E-state index contributed by atoms with van der Waals surface area (Å²) in [7, 11) is 0. The summed E-state index contributed by atoms with van der Waals surface area (Å²) < 4.78 is 61.4. The molecule has 0 aliphatic carbocycles. The quantitative estimate of drug-likeness (QED) is 0.280. The lowest BCUT2D eigenvalue weighted by atomic mass is 10.1. The third-order valence-electron chi connectivity index (χ3n) is 5.59. The first-order valence-electron chi connectivity index (χ1n) is 11.6. The number of benzene rings is 2. The summed E-state index contributed by atoms with van der Waals surface area (Å²) >= 11 is 1.48. The summed E-state index contributed by atoms with van der Waals surface area (Å²) in [6.45, 7) is 4.81. The number of aromatic nitrogens is 2. The van der Waals surface area contributed by atoms with Crippen molar-refractivity contribution < 1.29 is 32.2 Å². The highest BCUT2D eigenvalue weighted by Crippen LogP contribution is 2.32. The second-order valence-corrected chi connectivity index (χ2v) is 10.1. The molecule has 1 saturated heterocycles. The number of alkyl halides is 3. The van der Waals surface area contributed by atoms with Gasteiger partial charge in [0.1, 0.15) is 17.4 Å². The van der Waals surface area contributed by atoms with Crippen LogP contribution in [0.4, 0.5) is 35.0 Å². The van der Waals surface area contributed by atoms with Crippen molar-refractivity contribution in [2.45, 2.75) is 30.5 Å². The molecule has 0 radical (unpaired) electrons. The number of aliphatic carboxylic acids is 1. The Morgan fingerprint density at radius 3 is 2.21 bits per heavy atom. The Hall–Kier alpha value is -3.58. The molecule has 0 amide bonds. The number of ether oxygens (including phenoxy) is 1. The fourth-order valence-corrected chi connectivity index (χ4v) is 4.40. The fourth-order valence-electron chi connectivity index (χ4n) is 3.50. The molecular weight excluding hydrogens is 526 g/mol. The molecule has 0 atom stereocenters. The van der Waals surface area contributed by atoms with E-state index < -0.39 is 29.3 Å². The highest BCUT2D eigenvalue weighted by atomic mass is 32.2. The summed E-state index contributed by atoms with van der Waals surface area (Å²) in [5.74, 6) is -1.19. The van der Waals surface area contributed by atoms with Crippen LogP contribution in [-0.4, -0.2) is 57.1 Å². The highest BCUT2D eigenvalue weighted by Gasteiger charge is 2.35. The third-order valence-corrected chi connectivity index (χ3v) is 6.70. The monoisotopic (exact) mass is 551 g/mol. The number of rotatable bonds is 8. The summed E-state index contributed by atoms with van der Waals surface area (Å²) in [4.78, 5) is 21.9. The van der Waals surface area contributed by atoms with Crippen LogP contribution >= 0.6 is 11.9 Å². The molecule has 2 N–H and O–H groups in total. The Morgan fingerprint density at radius 2 is 1.63 bits per heavy atom. The molecule has 2 heterocycles. The van der Waals surface area contributed by atoms with E-state index >= 15 is 0 Å². The number of carbonyl (C=O) groups is 1. The van der Waals surface area contributed by atoms with Crippen LogP contribution in [-0.2, 0) is 11.0 Å². The summed E-state index contributed by atoms with van der Waals surface area (Å²) in [5.41, 5.74) is -2.03. The molecule has 2 aromatic carbocycles. The van der Waals surface area contributed by atoms with Gasteiger partial charge in [0.2, 0.25) is 5.95 Å². The van der Waals surface area contributed by atoms with Gasteiger partial charge in [-0.3, -0.25) is 0 Å². The average Bonchev–Trinajstić information content (AvgIpc) is 2.86. The fraction of sp³-hybridized carbons (Fsp3) is 0.320. The molecular formula is C25H25F4N5O3S. The van der Waals surface area contributed by atoms with Crippen molar-refractivity contribution in [1.29, 1.82) is 0 Å². The molecule has 202 valence electrons. The number of piperazine rings is 1. The largest absolute Gasteiger partial charge is 0.478 e. The van der Waals surface area contributed by atoms with Gasteiger partial charge in [-0.25, -0.2) is 18.5 Å². The summed E-state index contributed by atoms with van der Waals surface area (Å²) in [5, 5.41) is 12.0. The lowest BCUT2D eigenvalue weighted by molar-refractivity contribution is -0.152. The molecule has 1 aliphatic heterocycles. The molecule has 8 nitrogen and oxygen atoms in total. The molecule has 0 bridgehead atoms. The van der Waals surface area contributed by atoms with E-state index in [1.165, 1.54) is 50.1 Å². The van der Waals surface area contributed by atoms with E-state index in [1.54, 1.807) is 17.0 Å². The number of halogens is 4. The molecule has 0 saturated carbocycles. The predicted molar refractivity (Wildman–Crippen MR) is 135 cm³/mol. The first kappa shape index (κ1) is 27.5. The van der Waals surface area contributed by atoms with Crippen molar-refractivity contribution >= 4 is 35.4 Å². The second kappa shape index (κ2) is 11.0. The van der Waals surface area contributed by atoms with Gasteiger partial charge in [-0.1, -0.05) is 0 Å². The molecule has 13 heteroatoms. The Balaban J connectivity index is 1.40. The minimum Gasteiger partial charge on any atom is -0.478 e. The van der Waals surface area contributed by atoms with Crippen LogP contribution in [0.1, 0.15) is 19.5 Å². The lowest BCUT2D eigenvalue weighted by Crippen LogP contribution is -2.44. The van der Waals surface area contributed by atoms with E-state index in [4.69, 9.17) is 4.74 Å². The van der Waals surface area contributed by atoms with E-state index in [9.17, 15) is 27.5 Å². The van der Waals surface area contributed by atoms with Crippen molar-refractivity contribution in [3.63, 3.8) is 0 Å². The average molecular weight is 552 g/mol. The van der Waals surface area contributed by atoms with E-state index in [2.05, 4.69) is 19.6 Å². The first-order chi connectivity index (χ1) is 17.9. The zero-order valence-electron chi connectivity index (χ0n) is 20.5. The van der Waals surface area contributed by atoms with Crippen molar-refractivity contribution in [3.8, 4) is 5.75 Å². The standard InChI is InChI=1S/C25H25F4N5O3S/c1-24(2,22(35)36)37-18-7-9-19(10-8-18)38-34-13-11-33(12-14-34)23-31-20(25(27,28)29)15-21(32-23)30-17-5-3-16(26)4-6-17/h3-10,15H,11-14H2,1-2H3,(H,35,36)(H,30,31,32). The smallest absolute Gasteiger partial charge is 0.433 e. The van der Waals surface area contributed by atoms with Gasteiger partial charge in [-0.05, 0) is 74.3 Å². The van der Waals surface area contributed by atoms with Gasteiger partial charge < -0.3 is 20.1 Å². The van der Waals surface area contributed by atoms with Crippen LogP contribution in [0.2, 0.25) is 0 Å². The molecule has 0 unspecified atom stereocenters. The summed E-state index contributed by atoms with van der Waals surface area (Å²) in [6, 6.07) is 13.0. The van der Waals surface area contributed by atoms with E-state index in [0.717, 1.165) is 11.0 Å². The van der Waals surface area contributed by atoms with Gasteiger partial charge >= 0.3 is 12.1 Å². The number of carboxylic acids is 1. The van der Waals surface area contributed by atoms with E-state index in [0.29, 0.717) is 37.6 Å². The molecule has 4 rings (SSSR count). The SMILES string of the molecule is CC(C)(Oc1ccc(SN2CCN(c3nc(Nc4ccc(F)cc4)cc(C(F)(F)F)n3)CC2)cc1)C(=O)O. The number of hydrogen-bond acceptors (Lipinski definition) is 8. The predicted octanol–water partition coefficient (Wildman–Crippen LogP) is 5.45. The third kappa shape index (κ3) is 7.04. The van der Waals surface area contributed by atoms with Crippen molar-refractivity contribution in [2.24, 2.45) is 0 Å².